The quantitative estimate of drug-likeness (QED) is 0.755. The molecule has 3 rings (SSSR count). The van der Waals surface area contributed by atoms with Crippen molar-refractivity contribution in [2.24, 2.45) is 0 Å². The van der Waals surface area contributed by atoms with E-state index in [0.29, 0.717) is 12.6 Å². The van der Waals surface area contributed by atoms with Gasteiger partial charge in [0, 0.05) is 30.9 Å². The maximum atomic E-state index is 12.6. The van der Waals surface area contributed by atoms with Gasteiger partial charge in [0.15, 0.2) is 0 Å². The summed E-state index contributed by atoms with van der Waals surface area (Å²) in [5.41, 5.74) is 0.775. The number of pyridine rings is 1. The third-order valence-electron chi connectivity index (χ3n) is 5.71. The molecule has 2 saturated heterocycles. The van der Waals surface area contributed by atoms with Crippen LogP contribution >= 0.6 is 0 Å². The summed E-state index contributed by atoms with van der Waals surface area (Å²) in [5, 5.41) is 0. The van der Waals surface area contributed by atoms with Gasteiger partial charge in [-0.15, -0.1) is 0 Å². The molecule has 8 heteroatoms. The average molecular weight is 397 g/mol. The number of aromatic nitrogens is 1. The fourth-order valence-electron chi connectivity index (χ4n) is 4.31. The lowest BCUT2D eigenvalue weighted by Crippen LogP contribution is -2.41. The zero-order chi connectivity index (χ0) is 19.9. The van der Waals surface area contributed by atoms with Crippen molar-refractivity contribution in [2.45, 2.75) is 57.6 Å². The van der Waals surface area contributed by atoms with E-state index in [0.717, 1.165) is 63.8 Å². The van der Waals surface area contributed by atoms with Crippen molar-refractivity contribution in [3.05, 3.63) is 23.9 Å². The first kappa shape index (κ1) is 20.8. The van der Waals surface area contributed by atoms with Crippen LogP contribution in [0.4, 0.5) is 13.6 Å². The molecule has 0 N–H and O–H groups in total. The highest BCUT2D eigenvalue weighted by Crippen LogP contribution is 2.35. The molecule has 1 aromatic rings. The van der Waals surface area contributed by atoms with E-state index in [4.69, 9.17) is 4.74 Å². The van der Waals surface area contributed by atoms with Crippen molar-refractivity contribution in [3.63, 3.8) is 0 Å². The van der Waals surface area contributed by atoms with Crippen LogP contribution in [0.3, 0.4) is 0 Å². The highest BCUT2D eigenvalue weighted by atomic mass is 19.3. The Hall–Kier alpha value is -1.96. The second kappa shape index (κ2) is 10.0. The molecule has 156 valence electrons. The molecule has 1 unspecified atom stereocenters. The normalized spacial score (nSPS) is 22.1. The molecule has 6 nitrogen and oxygen atoms in total. The summed E-state index contributed by atoms with van der Waals surface area (Å²) in [7, 11) is 0. The van der Waals surface area contributed by atoms with E-state index in [1.165, 1.54) is 6.20 Å². The average Bonchev–Trinajstić information content (AvgIpc) is 2.95. The molecule has 0 aliphatic carbocycles. The van der Waals surface area contributed by atoms with Crippen LogP contribution in [0.5, 0.6) is 5.88 Å². The first-order valence-electron chi connectivity index (χ1n) is 10.1. The van der Waals surface area contributed by atoms with Crippen molar-refractivity contribution in [1.29, 1.82) is 0 Å². The number of halogens is 2. The van der Waals surface area contributed by atoms with Gasteiger partial charge in [-0.05, 0) is 64.1 Å². The van der Waals surface area contributed by atoms with Gasteiger partial charge in [0.25, 0.3) is 0 Å². The molecule has 1 atom stereocenters. The first-order chi connectivity index (χ1) is 13.6. The van der Waals surface area contributed by atoms with Gasteiger partial charge < -0.3 is 19.3 Å². The summed E-state index contributed by atoms with van der Waals surface area (Å²) < 4.78 is 35.0. The molecular weight excluding hydrogens is 368 g/mol. The molecule has 1 aromatic heterocycles. The standard InChI is InChI=1S/C20H29F2N3O3/c1-2-27-20(26)25-11-4-5-16(9-14-25)24-12-7-15(8-13-24)17-6-3-10-23-18(17)28-19(21)22/h3,6,10,15-16,19H,2,4-5,7-9,11-14H2,1H3. The number of carbonyl (C=O) groups excluding carboxylic acids is 1. The Labute approximate surface area is 164 Å². The van der Waals surface area contributed by atoms with Crippen LogP contribution < -0.4 is 4.74 Å². The monoisotopic (exact) mass is 397 g/mol. The van der Waals surface area contributed by atoms with Crippen LogP contribution in [0.15, 0.2) is 18.3 Å². The largest absolute Gasteiger partial charge is 0.450 e. The van der Waals surface area contributed by atoms with Crippen molar-refractivity contribution in [3.8, 4) is 5.88 Å². The summed E-state index contributed by atoms with van der Waals surface area (Å²) in [4.78, 5) is 20.2. The van der Waals surface area contributed by atoms with Gasteiger partial charge in [0.1, 0.15) is 0 Å². The minimum Gasteiger partial charge on any atom is -0.450 e. The molecule has 0 radical (unpaired) electrons. The molecule has 0 saturated carbocycles. The fourth-order valence-corrected chi connectivity index (χ4v) is 4.31. The van der Waals surface area contributed by atoms with Crippen molar-refractivity contribution >= 4 is 6.09 Å². The predicted octanol–water partition coefficient (Wildman–Crippen LogP) is 3.87. The second-order valence-electron chi connectivity index (χ2n) is 7.36. The summed E-state index contributed by atoms with van der Waals surface area (Å²) >= 11 is 0. The van der Waals surface area contributed by atoms with E-state index < -0.39 is 6.61 Å². The number of hydrogen-bond donors (Lipinski definition) is 0. The molecule has 1 amide bonds. The van der Waals surface area contributed by atoms with E-state index in [1.54, 1.807) is 11.0 Å². The minimum absolute atomic E-state index is 0.0514. The first-order valence-corrected chi connectivity index (χ1v) is 10.1. The number of rotatable bonds is 5. The maximum absolute atomic E-state index is 12.6. The van der Waals surface area contributed by atoms with Crippen molar-refractivity contribution in [1.82, 2.24) is 14.8 Å². The molecule has 3 heterocycles. The third-order valence-corrected chi connectivity index (χ3v) is 5.71. The Kier molecular flexibility index (Phi) is 7.42. The lowest BCUT2D eigenvalue weighted by molar-refractivity contribution is -0.0538. The summed E-state index contributed by atoms with van der Waals surface area (Å²) in [6.07, 6.45) is 6.02. The fraction of sp³-hybridized carbons (Fsp3) is 0.700. The highest BCUT2D eigenvalue weighted by Gasteiger charge is 2.30. The number of carbonyl (C=O) groups is 1. The minimum atomic E-state index is -2.86. The van der Waals surface area contributed by atoms with Crippen LogP contribution in [-0.2, 0) is 4.74 Å². The Morgan fingerprint density at radius 2 is 2.00 bits per heavy atom. The number of piperidine rings is 1. The molecule has 28 heavy (non-hydrogen) atoms. The number of hydrogen-bond acceptors (Lipinski definition) is 5. The second-order valence-corrected chi connectivity index (χ2v) is 7.36. The lowest BCUT2D eigenvalue weighted by atomic mass is 9.89. The van der Waals surface area contributed by atoms with Gasteiger partial charge in [-0.25, -0.2) is 9.78 Å². The van der Waals surface area contributed by atoms with Crippen LogP contribution in [0.2, 0.25) is 0 Å². The smallest absolute Gasteiger partial charge is 0.409 e. The Morgan fingerprint density at radius 1 is 1.21 bits per heavy atom. The Balaban J connectivity index is 1.54. The van der Waals surface area contributed by atoms with Crippen LogP contribution in [0, 0.1) is 0 Å². The highest BCUT2D eigenvalue weighted by molar-refractivity contribution is 5.67. The molecule has 0 bridgehead atoms. The Bertz CT molecular complexity index is 639. The number of nitrogens with zero attached hydrogens (tertiary/aromatic N) is 3. The van der Waals surface area contributed by atoms with Gasteiger partial charge in [0.05, 0.1) is 6.61 Å². The lowest BCUT2D eigenvalue weighted by Gasteiger charge is -2.37. The SMILES string of the molecule is CCOC(=O)N1CCCC(N2CCC(c3cccnc3OC(F)F)CC2)CC1. The zero-order valence-corrected chi connectivity index (χ0v) is 16.4. The molecule has 2 fully saturated rings. The van der Waals surface area contributed by atoms with E-state index >= 15 is 0 Å². The van der Waals surface area contributed by atoms with Crippen molar-refractivity contribution < 1.29 is 23.0 Å². The van der Waals surface area contributed by atoms with Gasteiger partial charge in [-0.2, -0.15) is 8.78 Å². The van der Waals surface area contributed by atoms with Crippen LogP contribution in [-0.4, -0.2) is 66.3 Å². The van der Waals surface area contributed by atoms with Gasteiger partial charge in [-0.1, -0.05) is 6.07 Å². The Morgan fingerprint density at radius 3 is 2.71 bits per heavy atom. The summed E-state index contributed by atoms with van der Waals surface area (Å²) in [6, 6.07) is 4.06. The van der Waals surface area contributed by atoms with E-state index in [2.05, 4.69) is 14.6 Å². The molecule has 2 aliphatic heterocycles. The van der Waals surface area contributed by atoms with E-state index in [-0.39, 0.29) is 17.9 Å². The number of likely N-dealkylation sites (tertiary alicyclic amines) is 2. The van der Waals surface area contributed by atoms with Gasteiger partial charge >= 0.3 is 12.7 Å². The predicted molar refractivity (Wildman–Crippen MR) is 101 cm³/mol. The molecule has 0 spiro atoms. The summed E-state index contributed by atoms with van der Waals surface area (Å²) in [5.74, 6) is 0.232. The zero-order valence-electron chi connectivity index (χ0n) is 16.4. The van der Waals surface area contributed by atoms with Gasteiger partial charge in [0.2, 0.25) is 5.88 Å². The van der Waals surface area contributed by atoms with E-state index in [1.807, 2.05) is 13.0 Å². The topological polar surface area (TPSA) is 54.9 Å². The molecular formula is C20H29F2N3O3. The number of ether oxygens (including phenoxy) is 2. The van der Waals surface area contributed by atoms with Crippen LogP contribution in [0.1, 0.15) is 50.5 Å². The van der Waals surface area contributed by atoms with E-state index in [9.17, 15) is 13.6 Å². The van der Waals surface area contributed by atoms with Crippen LogP contribution in [0.25, 0.3) is 0 Å². The van der Waals surface area contributed by atoms with Gasteiger partial charge in [-0.3, -0.25) is 0 Å². The molecule has 2 aliphatic rings. The van der Waals surface area contributed by atoms with Crippen molar-refractivity contribution in [2.75, 3.05) is 32.8 Å². The third kappa shape index (κ3) is 5.31. The number of amides is 1. The number of alkyl halides is 2. The maximum Gasteiger partial charge on any atom is 0.409 e. The molecule has 0 aromatic carbocycles. The summed E-state index contributed by atoms with van der Waals surface area (Å²) in [6.45, 7) is 2.66.